The van der Waals surface area contributed by atoms with Crippen molar-refractivity contribution in [2.75, 3.05) is 19.6 Å². The van der Waals surface area contributed by atoms with Crippen LogP contribution in [0.2, 0.25) is 0 Å². The molecule has 2 amide bonds. The summed E-state index contributed by atoms with van der Waals surface area (Å²) in [6, 6.07) is 3.83. The zero-order chi connectivity index (χ0) is 13.9. The van der Waals surface area contributed by atoms with Gasteiger partial charge in [-0.3, -0.25) is 4.98 Å². The van der Waals surface area contributed by atoms with Crippen LogP contribution in [0.3, 0.4) is 0 Å². The van der Waals surface area contributed by atoms with E-state index in [0.29, 0.717) is 19.6 Å². The molecule has 0 radical (unpaired) electrons. The zero-order valence-electron chi connectivity index (χ0n) is 11.6. The number of nitrogens with zero attached hydrogens (tertiary/aromatic N) is 2. The second-order valence-electron chi connectivity index (χ2n) is 4.51. The number of urea groups is 1. The van der Waals surface area contributed by atoms with Gasteiger partial charge < -0.3 is 16.0 Å². The number of rotatable bonds is 8. The highest BCUT2D eigenvalue weighted by Crippen LogP contribution is 2.04. The SMILES string of the molecule is CCCCNC(=O)N(CCCN)Cc1cccnc1. The Balaban J connectivity index is 2.53. The van der Waals surface area contributed by atoms with Crippen LogP contribution in [0.5, 0.6) is 0 Å². The largest absolute Gasteiger partial charge is 0.338 e. The third kappa shape index (κ3) is 6.20. The van der Waals surface area contributed by atoms with E-state index >= 15 is 0 Å². The van der Waals surface area contributed by atoms with Crippen LogP contribution in [-0.4, -0.2) is 35.5 Å². The predicted molar refractivity (Wildman–Crippen MR) is 76.6 cm³/mol. The third-order valence-electron chi connectivity index (χ3n) is 2.82. The Kier molecular flexibility index (Phi) is 7.58. The summed E-state index contributed by atoms with van der Waals surface area (Å²) in [6.45, 7) is 4.66. The molecule has 0 aromatic carbocycles. The number of aromatic nitrogens is 1. The Labute approximate surface area is 115 Å². The Morgan fingerprint density at radius 3 is 2.95 bits per heavy atom. The molecule has 0 spiro atoms. The molecule has 0 saturated heterocycles. The van der Waals surface area contributed by atoms with Crippen molar-refractivity contribution in [1.29, 1.82) is 0 Å². The van der Waals surface area contributed by atoms with E-state index in [2.05, 4.69) is 17.2 Å². The summed E-state index contributed by atoms with van der Waals surface area (Å²) < 4.78 is 0. The van der Waals surface area contributed by atoms with E-state index in [1.807, 2.05) is 12.1 Å². The molecule has 1 rings (SSSR count). The number of amides is 2. The van der Waals surface area contributed by atoms with Gasteiger partial charge in [-0.05, 0) is 31.0 Å². The van der Waals surface area contributed by atoms with E-state index in [1.165, 1.54) is 0 Å². The molecule has 5 heteroatoms. The minimum atomic E-state index is -0.0225. The maximum atomic E-state index is 12.1. The lowest BCUT2D eigenvalue weighted by Crippen LogP contribution is -2.41. The van der Waals surface area contributed by atoms with Crippen LogP contribution in [0.25, 0.3) is 0 Å². The van der Waals surface area contributed by atoms with Gasteiger partial charge in [0, 0.05) is 32.0 Å². The molecule has 5 nitrogen and oxygen atoms in total. The summed E-state index contributed by atoms with van der Waals surface area (Å²) in [4.78, 5) is 17.9. The number of hydrogen-bond acceptors (Lipinski definition) is 3. The smallest absolute Gasteiger partial charge is 0.317 e. The first-order valence-electron chi connectivity index (χ1n) is 6.89. The molecule has 19 heavy (non-hydrogen) atoms. The minimum absolute atomic E-state index is 0.0225. The van der Waals surface area contributed by atoms with Gasteiger partial charge in [0.25, 0.3) is 0 Å². The maximum absolute atomic E-state index is 12.1. The lowest BCUT2D eigenvalue weighted by Gasteiger charge is -2.23. The van der Waals surface area contributed by atoms with Crippen LogP contribution in [0.4, 0.5) is 4.79 Å². The molecule has 0 bridgehead atoms. The second kappa shape index (κ2) is 9.33. The first kappa shape index (κ1) is 15.4. The first-order chi connectivity index (χ1) is 9.27. The molecule has 0 aliphatic heterocycles. The Hall–Kier alpha value is -1.62. The van der Waals surface area contributed by atoms with E-state index in [9.17, 15) is 4.79 Å². The Morgan fingerprint density at radius 2 is 2.32 bits per heavy atom. The summed E-state index contributed by atoms with van der Waals surface area (Å²) in [5.74, 6) is 0. The zero-order valence-corrected chi connectivity index (χ0v) is 11.6. The van der Waals surface area contributed by atoms with Crippen LogP contribution in [0, 0.1) is 0 Å². The highest BCUT2D eigenvalue weighted by Gasteiger charge is 2.12. The fourth-order valence-corrected chi connectivity index (χ4v) is 1.73. The van der Waals surface area contributed by atoms with E-state index in [4.69, 9.17) is 5.73 Å². The van der Waals surface area contributed by atoms with E-state index < -0.39 is 0 Å². The molecule has 1 heterocycles. The van der Waals surface area contributed by atoms with E-state index in [1.54, 1.807) is 17.3 Å². The summed E-state index contributed by atoms with van der Waals surface area (Å²) in [5, 5.41) is 2.94. The van der Waals surface area contributed by atoms with Crippen molar-refractivity contribution in [3.8, 4) is 0 Å². The molecule has 106 valence electrons. The fraction of sp³-hybridized carbons (Fsp3) is 0.571. The number of carbonyl (C=O) groups is 1. The van der Waals surface area contributed by atoms with Crippen molar-refractivity contribution < 1.29 is 4.79 Å². The number of nitrogens with two attached hydrogens (primary N) is 1. The molecule has 0 unspecified atom stereocenters. The molecule has 0 atom stereocenters. The number of hydrogen-bond donors (Lipinski definition) is 2. The molecule has 0 aliphatic carbocycles. The molecule has 0 aliphatic rings. The van der Waals surface area contributed by atoms with E-state index in [0.717, 1.165) is 31.4 Å². The molecular weight excluding hydrogens is 240 g/mol. The lowest BCUT2D eigenvalue weighted by atomic mass is 10.2. The normalized spacial score (nSPS) is 10.2. The molecule has 1 aromatic rings. The molecule has 1 aromatic heterocycles. The van der Waals surface area contributed by atoms with Crippen LogP contribution >= 0.6 is 0 Å². The van der Waals surface area contributed by atoms with Gasteiger partial charge in [-0.2, -0.15) is 0 Å². The molecular formula is C14H24N4O. The third-order valence-corrected chi connectivity index (χ3v) is 2.82. The Bertz CT molecular complexity index is 356. The summed E-state index contributed by atoms with van der Waals surface area (Å²) in [5.41, 5.74) is 6.55. The van der Waals surface area contributed by atoms with Crippen molar-refractivity contribution in [3.05, 3.63) is 30.1 Å². The number of carbonyl (C=O) groups excluding carboxylic acids is 1. The van der Waals surface area contributed by atoms with Crippen molar-refractivity contribution >= 4 is 6.03 Å². The van der Waals surface area contributed by atoms with Gasteiger partial charge in [-0.1, -0.05) is 19.4 Å². The fourth-order valence-electron chi connectivity index (χ4n) is 1.73. The first-order valence-corrected chi connectivity index (χ1v) is 6.89. The van der Waals surface area contributed by atoms with Gasteiger partial charge in [-0.15, -0.1) is 0 Å². The second-order valence-corrected chi connectivity index (χ2v) is 4.51. The Morgan fingerprint density at radius 1 is 1.47 bits per heavy atom. The van der Waals surface area contributed by atoms with Crippen LogP contribution in [0.1, 0.15) is 31.7 Å². The summed E-state index contributed by atoms with van der Waals surface area (Å²) in [7, 11) is 0. The van der Waals surface area contributed by atoms with Crippen LogP contribution < -0.4 is 11.1 Å². The number of unbranched alkanes of at least 4 members (excludes halogenated alkanes) is 1. The summed E-state index contributed by atoms with van der Waals surface area (Å²) in [6.07, 6.45) is 6.40. The van der Waals surface area contributed by atoms with Gasteiger partial charge in [0.2, 0.25) is 0 Å². The van der Waals surface area contributed by atoms with Crippen molar-refractivity contribution in [2.24, 2.45) is 5.73 Å². The number of pyridine rings is 1. The van der Waals surface area contributed by atoms with Gasteiger partial charge in [0.15, 0.2) is 0 Å². The standard InChI is InChI=1S/C14H24N4O/c1-2-3-9-17-14(19)18(10-5-7-15)12-13-6-4-8-16-11-13/h4,6,8,11H,2-3,5,7,9-10,12,15H2,1H3,(H,17,19). The molecule has 3 N–H and O–H groups in total. The van der Waals surface area contributed by atoms with Crippen molar-refractivity contribution in [1.82, 2.24) is 15.2 Å². The van der Waals surface area contributed by atoms with Gasteiger partial charge >= 0.3 is 6.03 Å². The van der Waals surface area contributed by atoms with Crippen LogP contribution in [-0.2, 0) is 6.54 Å². The number of nitrogens with one attached hydrogen (secondary N) is 1. The van der Waals surface area contributed by atoms with Gasteiger partial charge in [0.1, 0.15) is 0 Å². The van der Waals surface area contributed by atoms with Gasteiger partial charge in [0.05, 0.1) is 0 Å². The quantitative estimate of drug-likeness (QED) is 0.703. The van der Waals surface area contributed by atoms with Crippen molar-refractivity contribution in [3.63, 3.8) is 0 Å². The highest BCUT2D eigenvalue weighted by atomic mass is 16.2. The van der Waals surface area contributed by atoms with Crippen LogP contribution in [0.15, 0.2) is 24.5 Å². The monoisotopic (exact) mass is 264 g/mol. The lowest BCUT2D eigenvalue weighted by molar-refractivity contribution is 0.194. The predicted octanol–water partition coefficient (Wildman–Crippen LogP) is 1.74. The van der Waals surface area contributed by atoms with Crippen molar-refractivity contribution in [2.45, 2.75) is 32.7 Å². The molecule has 0 fully saturated rings. The van der Waals surface area contributed by atoms with E-state index in [-0.39, 0.29) is 6.03 Å². The highest BCUT2D eigenvalue weighted by molar-refractivity contribution is 5.74. The summed E-state index contributed by atoms with van der Waals surface area (Å²) >= 11 is 0. The average molecular weight is 264 g/mol. The molecule has 0 saturated carbocycles. The van der Waals surface area contributed by atoms with Gasteiger partial charge in [-0.25, -0.2) is 4.79 Å². The minimum Gasteiger partial charge on any atom is -0.338 e. The topological polar surface area (TPSA) is 71.2 Å². The maximum Gasteiger partial charge on any atom is 0.317 e. The average Bonchev–Trinajstić information content (AvgIpc) is 2.44.